The van der Waals surface area contributed by atoms with Crippen molar-refractivity contribution in [3.63, 3.8) is 0 Å². The summed E-state index contributed by atoms with van der Waals surface area (Å²) >= 11 is 0. The highest BCUT2D eigenvalue weighted by Gasteiger charge is 2.36. The van der Waals surface area contributed by atoms with Gasteiger partial charge in [0.15, 0.2) is 9.84 Å². The predicted octanol–water partition coefficient (Wildman–Crippen LogP) is 1.01. The summed E-state index contributed by atoms with van der Waals surface area (Å²) < 4.78 is 51.7. The molecule has 148 valence electrons. The minimum atomic E-state index is -3.12. The molecule has 2 amide bonds. The molecule has 0 unspecified atom stereocenters. The van der Waals surface area contributed by atoms with E-state index >= 15 is 0 Å². The van der Waals surface area contributed by atoms with Crippen LogP contribution in [0.1, 0.15) is 16.8 Å². The number of piperazine rings is 1. The van der Waals surface area contributed by atoms with Crippen LogP contribution in [-0.2, 0) is 14.6 Å². The van der Waals surface area contributed by atoms with Gasteiger partial charge in [0.25, 0.3) is 5.91 Å². The molecule has 2 saturated heterocycles. The van der Waals surface area contributed by atoms with Crippen LogP contribution in [0.2, 0.25) is 0 Å². The Morgan fingerprint density at radius 1 is 1.04 bits per heavy atom. The Labute approximate surface area is 155 Å². The van der Waals surface area contributed by atoms with E-state index in [1.54, 1.807) is 9.80 Å². The summed E-state index contributed by atoms with van der Waals surface area (Å²) in [6, 6.07) is 5.45. The molecule has 0 saturated carbocycles. The van der Waals surface area contributed by atoms with Gasteiger partial charge < -0.3 is 14.5 Å². The maximum atomic E-state index is 12.5. The number of nitrogens with zero attached hydrogens (tertiary/aromatic N) is 2. The Kier molecular flexibility index (Phi) is 5.64. The maximum absolute atomic E-state index is 12.5. The lowest BCUT2D eigenvalue weighted by Gasteiger charge is -2.35. The standard InChI is InChI=1S/C17H20F2N2O5S/c18-17(19)26-14-3-1-12(2-4-14)15(22)20-6-8-21(9-7-20)16(23)13-5-10-27(24,25)11-13/h1-4,13,17H,5-11H2/t13-/m1/s1. The molecule has 2 heterocycles. The second-order valence-corrected chi connectivity index (χ2v) is 8.85. The van der Waals surface area contributed by atoms with Crippen molar-refractivity contribution in [2.45, 2.75) is 13.0 Å². The number of sulfone groups is 1. The Hall–Kier alpha value is -2.23. The molecule has 2 aliphatic heterocycles. The normalized spacial score (nSPS) is 22.1. The highest BCUT2D eigenvalue weighted by atomic mass is 32.2. The molecular weight excluding hydrogens is 382 g/mol. The lowest BCUT2D eigenvalue weighted by Crippen LogP contribution is -2.52. The Bertz CT molecular complexity index is 805. The summed E-state index contributed by atoms with van der Waals surface area (Å²) in [6.07, 6.45) is 0.355. The van der Waals surface area contributed by atoms with Crippen LogP contribution < -0.4 is 4.74 Å². The molecule has 0 aliphatic carbocycles. The Balaban J connectivity index is 1.54. The van der Waals surface area contributed by atoms with Crippen LogP contribution in [0.5, 0.6) is 5.75 Å². The van der Waals surface area contributed by atoms with Crippen LogP contribution in [0.4, 0.5) is 8.78 Å². The van der Waals surface area contributed by atoms with Gasteiger partial charge in [0, 0.05) is 31.7 Å². The van der Waals surface area contributed by atoms with E-state index in [0.29, 0.717) is 38.2 Å². The number of halogens is 2. The van der Waals surface area contributed by atoms with Crippen LogP contribution in [-0.4, -0.2) is 74.3 Å². The molecule has 10 heteroatoms. The molecule has 2 fully saturated rings. The molecule has 1 aromatic carbocycles. The number of hydrogen-bond donors (Lipinski definition) is 0. The van der Waals surface area contributed by atoms with Gasteiger partial charge in [-0.1, -0.05) is 0 Å². The third-order valence-corrected chi connectivity index (χ3v) is 6.55. The van der Waals surface area contributed by atoms with Crippen molar-refractivity contribution in [2.24, 2.45) is 5.92 Å². The molecule has 1 aromatic rings. The average Bonchev–Trinajstić information content (AvgIpc) is 3.01. The molecule has 3 rings (SSSR count). The smallest absolute Gasteiger partial charge is 0.387 e. The summed E-state index contributed by atoms with van der Waals surface area (Å²) in [5.41, 5.74) is 0.346. The number of rotatable bonds is 4. The van der Waals surface area contributed by atoms with Gasteiger partial charge in [-0.25, -0.2) is 8.42 Å². The number of amides is 2. The summed E-state index contributed by atoms with van der Waals surface area (Å²) in [7, 11) is -3.12. The van der Waals surface area contributed by atoms with Crippen molar-refractivity contribution >= 4 is 21.7 Å². The Morgan fingerprint density at radius 3 is 2.15 bits per heavy atom. The summed E-state index contributed by atoms with van der Waals surface area (Å²) in [5, 5.41) is 0. The molecular formula is C17H20F2N2O5S. The molecule has 7 nitrogen and oxygen atoms in total. The Morgan fingerprint density at radius 2 is 1.63 bits per heavy atom. The topological polar surface area (TPSA) is 84.0 Å². The number of benzene rings is 1. The second-order valence-electron chi connectivity index (χ2n) is 6.62. The largest absolute Gasteiger partial charge is 0.435 e. The molecule has 0 bridgehead atoms. The fourth-order valence-electron chi connectivity index (χ4n) is 3.34. The molecule has 0 radical (unpaired) electrons. The number of hydrogen-bond acceptors (Lipinski definition) is 5. The first-order valence-corrected chi connectivity index (χ1v) is 10.4. The number of carbonyl (C=O) groups excluding carboxylic acids is 2. The first-order valence-electron chi connectivity index (χ1n) is 8.58. The number of ether oxygens (including phenoxy) is 1. The van der Waals surface area contributed by atoms with Crippen molar-refractivity contribution < 1.29 is 31.5 Å². The zero-order chi connectivity index (χ0) is 19.6. The van der Waals surface area contributed by atoms with E-state index in [2.05, 4.69) is 4.74 Å². The SMILES string of the molecule is O=C(c1ccc(OC(F)F)cc1)N1CCN(C(=O)[C@@H]2CCS(=O)(=O)C2)CC1. The van der Waals surface area contributed by atoms with Crippen molar-refractivity contribution in [3.8, 4) is 5.75 Å². The van der Waals surface area contributed by atoms with Crippen molar-refractivity contribution in [1.82, 2.24) is 9.80 Å². The van der Waals surface area contributed by atoms with Crippen LogP contribution in [0, 0.1) is 5.92 Å². The molecule has 1 atom stereocenters. The highest BCUT2D eigenvalue weighted by molar-refractivity contribution is 7.91. The summed E-state index contributed by atoms with van der Waals surface area (Å²) in [5.74, 6) is -0.987. The van der Waals surface area contributed by atoms with E-state index in [1.807, 2.05) is 0 Å². The summed E-state index contributed by atoms with van der Waals surface area (Å²) in [4.78, 5) is 28.1. The van der Waals surface area contributed by atoms with Gasteiger partial charge in [-0.2, -0.15) is 8.78 Å². The van der Waals surface area contributed by atoms with Gasteiger partial charge in [0.05, 0.1) is 17.4 Å². The molecule has 0 spiro atoms. The van der Waals surface area contributed by atoms with Gasteiger partial charge in [-0.15, -0.1) is 0 Å². The highest BCUT2D eigenvalue weighted by Crippen LogP contribution is 2.22. The van der Waals surface area contributed by atoms with Crippen molar-refractivity contribution in [3.05, 3.63) is 29.8 Å². The lowest BCUT2D eigenvalue weighted by atomic mass is 10.1. The van der Waals surface area contributed by atoms with Crippen molar-refractivity contribution in [2.75, 3.05) is 37.7 Å². The molecule has 0 aromatic heterocycles. The van der Waals surface area contributed by atoms with Crippen LogP contribution in [0.3, 0.4) is 0 Å². The minimum Gasteiger partial charge on any atom is -0.435 e. The first kappa shape index (κ1) is 19.5. The molecule has 0 N–H and O–H groups in total. The molecule has 27 heavy (non-hydrogen) atoms. The monoisotopic (exact) mass is 402 g/mol. The van der Waals surface area contributed by atoms with Gasteiger partial charge in [0.2, 0.25) is 5.91 Å². The van der Waals surface area contributed by atoms with Crippen LogP contribution in [0.15, 0.2) is 24.3 Å². The first-order chi connectivity index (χ1) is 12.7. The van der Waals surface area contributed by atoms with Gasteiger partial charge in [-0.05, 0) is 30.7 Å². The van der Waals surface area contributed by atoms with Gasteiger partial charge >= 0.3 is 6.61 Å². The van der Waals surface area contributed by atoms with E-state index in [0.717, 1.165) is 0 Å². The predicted molar refractivity (Wildman–Crippen MR) is 92.3 cm³/mol. The van der Waals surface area contributed by atoms with Crippen molar-refractivity contribution in [1.29, 1.82) is 0 Å². The minimum absolute atomic E-state index is 0.0246. The maximum Gasteiger partial charge on any atom is 0.387 e. The van der Waals surface area contributed by atoms with E-state index in [-0.39, 0.29) is 29.1 Å². The third-order valence-electron chi connectivity index (χ3n) is 4.79. The second kappa shape index (κ2) is 7.79. The fraction of sp³-hybridized carbons (Fsp3) is 0.529. The zero-order valence-corrected chi connectivity index (χ0v) is 15.3. The third kappa shape index (κ3) is 4.74. The number of carbonyl (C=O) groups is 2. The molecule has 2 aliphatic rings. The average molecular weight is 402 g/mol. The van der Waals surface area contributed by atoms with E-state index < -0.39 is 22.4 Å². The quantitative estimate of drug-likeness (QED) is 0.751. The zero-order valence-electron chi connectivity index (χ0n) is 14.5. The van der Waals surface area contributed by atoms with E-state index in [9.17, 15) is 26.8 Å². The van der Waals surface area contributed by atoms with E-state index in [4.69, 9.17) is 0 Å². The van der Waals surface area contributed by atoms with Crippen LogP contribution >= 0.6 is 0 Å². The van der Waals surface area contributed by atoms with Crippen LogP contribution in [0.25, 0.3) is 0 Å². The van der Waals surface area contributed by atoms with Gasteiger partial charge in [0.1, 0.15) is 5.75 Å². The summed E-state index contributed by atoms with van der Waals surface area (Å²) in [6.45, 7) is -1.58. The number of alkyl halides is 2. The van der Waals surface area contributed by atoms with E-state index in [1.165, 1.54) is 24.3 Å². The lowest BCUT2D eigenvalue weighted by molar-refractivity contribution is -0.136. The fourth-order valence-corrected chi connectivity index (χ4v) is 5.07. The van der Waals surface area contributed by atoms with Gasteiger partial charge in [-0.3, -0.25) is 9.59 Å².